The number of rotatable bonds is 5. The Kier molecular flexibility index (Phi) is 4.87. The Balaban J connectivity index is 3.08. The molecule has 0 aliphatic heterocycles. The van der Waals surface area contributed by atoms with Gasteiger partial charge in [0.15, 0.2) is 6.29 Å². The van der Waals surface area contributed by atoms with E-state index in [0.717, 1.165) is 6.42 Å². The number of carbonyl (C=O) groups is 1. The van der Waals surface area contributed by atoms with Gasteiger partial charge in [-0.15, -0.1) is 0 Å². The van der Waals surface area contributed by atoms with Crippen molar-refractivity contribution in [3.63, 3.8) is 0 Å². The molecule has 1 aromatic rings. The van der Waals surface area contributed by atoms with Crippen molar-refractivity contribution in [2.24, 2.45) is 5.92 Å². The number of aryl methyl sites for hydroxylation is 1. The second-order valence-corrected chi connectivity index (χ2v) is 4.70. The number of aldehydes is 1. The zero-order valence-corrected chi connectivity index (χ0v) is 11.4. The van der Waals surface area contributed by atoms with E-state index < -0.39 is 0 Å². The summed E-state index contributed by atoms with van der Waals surface area (Å²) in [5.74, 6) is 1.54. The van der Waals surface area contributed by atoms with Crippen molar-refractivity contribution < 1.29 is 4.79 Å². The van der Waals surface area contributed by atoms with Crippen LogP contribution in [0.15, 0.2) is 0 Å². The SMILES string of the molecule is CCC(Nc1nc(C)nc(Cl)c1C=O)C(C)C. The van der Waals surface area contributed by atoms with Crippen LogP contribution in [0.4, 0.5) is 5.82 Å². The molecule has 1 atom stereocenters. The van der Waals surface area contributed by atoms with Crippen LogP contribution in [0.1, 0.15) is 43.4 Å². The van der Waals surface area contributed by atoms with Gasteiger partial charge in [-0.2, -0.15) is 0 Å². The van der Waals surface area contributed by atoms with Crippen molar-refractivity contribution in [3.05, 3.63) is 16.5 Å². The van der Waals surface area contributed by atoms with Crippen LogP contribution < -0.4 is 5.32 Å². The molecule has 17 heavy (non-hydrogen) atoms. The lowest BCUT2D eigenvalue weighted by Gasteiger charge is -2.22. The van der Waals surface area contributed by atoms with Crippen LogP contribution in [-0.4, -0.2) is 22.3 Å². The van der Waals surface area contributed by atoms with Gasteiger partial charge < -0.3 is 5.32 Å². The molecular weight excluding hydrogens is 238 g/mol. The van der Waals surface area contributed by atoms with E-state index in [0.29, 0.717) is 29.4 Å². The molecule has 0 amide bonds. The molecule has 1 rings (SSSR count). The molecule has 0 saturated carbocycles. The highest BCUT2D eigenvalue weighted by molar-refractivity contribution is 6.32. The summed E-state index contributed by atoms with van der Waals surface area (Å²) in [6.45, 7) is 8.09. The maximum Gasteiger partial charge on any atom is 0.156 e. The third kappa shape index (κ3) is 3.40. The lowest BCUT2D eigenvalue weighted by molar-refractivity contribution is 0.112. The first-order valence-electron chi connectivity index (χ1n) is 5.75. The van der Waals surface area contributed by atoms with Crippen LogP contribution in [0.2, 0.25) is 5.15 Å². The smallest absolute Gasteiger partial charge is 0.156 e. The molecule has 0 aliphatic carbocycles. The van der Waals surface area contributed by atoms with Gasteiger partial charge in [0, 0.05) is 6.04 Å². The second kappa shape index (κ2) is 5.96. The molecule has 0 aliphatic rings. The number of hydrogen-bond acceptors (Lipinski definition) is 4. The van der Waals surface area contributed by atoms with Gasteiger partial charge >= 0.3 is 0 Å². The Morgan fingerprint density at radius 3 is 2.53 bits per heavy atom. The molecule has 1 heterocycles. The maximum atomic E-state index is 11.0. The fourth-order valence-corrected chi connectivity index (χ4v) is 1.93. The van der Waals surface area contributed by atoms with Crippen molar-refractivity contribution in [2.45, 2.75) is 40.2 Å². The highest BCUT2D eigenvalue weighted by atomic mass is 35.5. The fraction of sp³-hybridized carbons (Fsp3) is 0.583. The van der Waals surface area contributed by atoms with Crippen LogP contribution in [0.5, 0.6) is 0 Å². The van der Waals surface area contributed by atoms with E-state index in [4.69, 9.17) is 11.6 Å². The van der Waals surface area contributed by atoms with Crippen LogP contribution in [0.3, 0.4) is 0 Å². The summed E-state index contributed by atoms with van der Waals surface area (Å²) in [5, 5.41) is 3.46. The monoisotopic (exact) mass is 255 g/mol. The summed E-state index contributed by atoms with van der Waals surface area (Å²) in [7, 11) is 0. The van der Waals surface area contributed by atoms with Crippen LogP contribution >= 0.6 is 11.6 Å². The van der Waals surface area contributed by atoms with Crippen LogP contribution in [-0.2, 0) is 0 Å². The third-order valence-electron chi connectivity index (χ3n) is 2.70. The number of hydrogen-bond donors (Lipinski definition) is 1. The number of aromatic nitrogens is 2. The Morgan fingerprint density at radius 2 is 2.06 bits per heavy atom. The zero-order valence-electron chi connectivity index (χ0n) is 10.6. The molecule has 5 heteroatoms. The lowest BCUT2D eigenvalue weighted by atomic mass is 10.0. The zero-order chi connectivity index (χ0) is 13.0. The van der Waals surface area contributed by atoms with Crippen molar-refractivity contribution >= 4 is 23.7 Å². The average Bonchev–Trinajstić information content (AvgIpc) is 2.24. The van der Waals surface area contributed by atoms with Crippen molar-refractivity contribution in [2.75, 3.05) is 5.32 Å². The molecule has 0 fully saturated rings. The summed E-state index contributed by atoms with van der Waals surface area (Å²) >= 11 is 5.92. The minimum Gasteiger partial charge on any atom is -0.366 e. The lowest BCUT2D eigenvalue weighted by Crippen LogP contribution is -2.26. The number of halogens is 1. The molecule has 4 nitrogen and oxygen atoms in total. The summed E-state index contributed by atoms with van der Waals surface area (Å²) in [4.78, 5) is 19.2. The van der Waals surface area contributed by atoms with E-state index in [1.54, 1.807) is 6.92 Å². The summed E-state index contributed by atoms with van der Waals surface area (Å²) in [5.41, 5.74) is 0.330. The molecule has 0 aromatic carbocycles. The van der Waals surface area contributed by atoms with Gasteiger partial charge in [-0.1, -0.05) is 32.4 Å². The fourth-order valence-electron chi connectivity index (χ4n) is 1.68. The van der Waals surface area contributed by atoms with E-state index in [9.17, 15) is 4.79 Å². The number of nitrogens with zero attached hydrogens (tertiary/aromatic N) is 2. The Labute approximate surface area is 107 Å². The van der Waals surface area contributed by atoms with E-state index in [-0.39, 0.29) is 11.2 Å². The van der Waals surface area contributed by atoms with Gasteiger partial charge in [0.25, 0.3) is 0 Å². The van der Waals surface area contributed by atoms with Crippen LogP contribution in [0.25, 0.3) is 0 Å². The Hall–Kier alpha value is -1.16. The highest BCUT2D eigenvalue weighted by Crippen LogP contribution is 2.21. The largest absolute Gasteiger partial charge is 0.366 e. The summed E-state index contributed by atoms with van der Waals surface area (Å²) < 4.78 is 0. The molecule has 0 spiro atoms. The second-order valence-electron chi connectivity index (χ2n) is 4.34. The van der Waals surface area contributed by atoms with E-state index in [1.807, 2.05) is 0 Å². The van der Waals surface area contributed by atoms with E-state index in [1.165, 1.54) is 0 Å². The van der Waals surface area contributed by atoms with Gasteiger partial charge in [-0.05, 0) is 19.3 Å². The quantitative estimate of drug-likeness (QED) is 0.649. The molecule has 1 N–H and O–H groups in total. The first kappa shape index (κ1) is 13.9. The van der Waals surface area contributed by atoms with Gasteiger partial charge in [0.05, 0.1) is 5.56 Å². The highest BCUT2D eigenvalue weighted by Gasteiger charge is 2.16. The summed E-state index contributed by atoms with van der Waals surface area (Å²) in [6.07, 6.45) is 1.65. The van der Waals surface area contributed by atoms with Crippen molar-refractivity contribution in [1.82, 2.24) is 9.97 Å². The summed E-state index contributed by atoms with van der Waals surface area (Å²) in [6, 6.07) is 0.263. The number of anilines is 1. The first-order chi connectivity index (χ1) is 7.99. The predicted octanol–water partition coefficient (Wildman–Crippen LogP) is 3.10. The minimum atomic E-state index is 0.202. The van der Waals surface area contributed by atoms with Gasteiger partial charge in [-0.25, -0.2) is 9.97 Å². The number of carbonyl (C=O) groups excluding carboxylic acids is 1. The van der Waals surface area contributed by atoms with E-state index >= 15 is 0 Å². The normalized spacial score (nSPS) is 12.6. The van der Waals surface area contributed by atoms with E-state index in [2.05, 4.69) is 36.1 Å². The maximum absolute atomic E-state index is 11.0. The molecule has 1 unspecified atom stereocenters. The van der Waals surface area contributed by atoms with Gasteiger partial charge in [0.2, 0.25) is 0 Å². The van der Waals surface area contributed by atoms with Crippen molar-refractivity contribution in [3.8, 4) is 0 Å². The molecule has 94 valence electrons. The van der Waals surface area contributed by atoms with Crippen molar-refractivity contribution in [1.29, 1.82) is 0 Å². The molecular formula is C12H18ClN3O. The number of nitrogens with one attached hydrogen (secondary N) is 1. The Bertz CT molecular complexity index is 407. The molecule has 0 bridgehead atoms. The minimum absolute atomic E-state index is 0.202. The molecule has 0 radical (unpaired) electrons. The third-order valence-corrected chi connectivity index (χ3v) is 2.98. The average molecular weight is 256 g/mol. The molecule has 1 aromatic heterocycles. The van der Waals surface area contributed by atoms with Gasteiger partial charge in [0.1, 0.15) is 16.8 Å². The Morgan fingerprint density at radius 1 is 1.41 bits per heavy atom. The first-order valence-corrected chi connectivity index (χ1v) is 6.13. The predicted molar refractivity (Wildman–Crippen MR) is 69.7 cm³/mol. The topological polar surface area (TPSA) is 54.9 Å². The standard InChI is InChI=1S/C12H18ClN3O/c1-5-10(7(2)3)16-12-9(6-17)11(13)14-8(4)15-12/h6-7,10H,5H2,1-4H3,(H,14,15,16). The van der Waals surface area contributed by atoms with Crippen LogP contribution in [0, 0.1) is 12.8 Å². The molecule has 0 saturated heterocycles. The van der Waals surface area contributed by atoms with Gasteiger partial charge in [-0.3, -0.25) is 4.79 Å².